The van der Waals surface area contributed by atoms with Gasteiger partial charge in [-0.3, -0.25) is 4.79 Å². The zero-order valence-corrected chi connectivity index (χ0v) is 12.2. The molecule has 0 spiro atoms. The fraction of sp³-hybridized carbons (Fsp3) is 0.923. The number of carbonyl (C=O) groups excluding carboxylic acids is 1. The van der Waals surface area contributed by atoms with Gasteiger partial charge in [0.05, 0.1) is 11.4 Å². The first kappa shape index (κ1) is 14.9. The fourth-order valence-corrected chi connectivity index (χ4v) is 4.32. The number of hydrogen-bond donors (Lipinski definition) is 1. The second-order valence-electron chi connectivity index (χ2n) is 5.78. The number of rotatable bonds is 4. The predicted octanol–water partition coefficient (Wildman–Crippen LogP) is 0.665. The molecular formula is C13H23NO4S. The maximum Gasteiger partial charge on any atom is 0.164 e. The molecule has 1 aliphatic carbocycles. The SMILES string of the molecule is CS(=O)(=O)C1CCCC(C(=O)C2CCC(CN)O2)C1. The van der Waals surface area contributed by atoms with Crippen molar-refractivity contribution in [3.63, 3.8) is 0 Å². The lowest BCUT2D eigenvalue weighted by Crippen LogP contribution is -2.36. The smallest absolute Gasteiger partial charge is 0.164 e. The summed E-state index contributed by atoms with van der Waals surface area (Å²) in [5.41, 5.74) is 5.54. The van der Waals surface area contributed by atoms with Crippen molar-refractivity contribution in [2.75, 3.05) is 12.8 Å². The molecule has 110 valence electrons. The summed E-state index contributed by atoms with van der Waals surface area (Å²) in [4.78, 5) is 12.4. The number of ketones is 1. The molecule has 4 atom stereocenters. The van der Waals surface area contributed by atoms with Crippen LogP contribution in [0.3, 0.4) is 0 Å². The number of ether oxygens (including phenoxy) is 1. The number of hydrogen-bond acceptors (Lipinski definition) is 5. The first-order valence-electron chi connectivity index (χ1n) is 7.00. The van der Waals surface area contributed by atoms with E-state index in [-0.39, 0.29) is 29.2 Å². The van der Waals surface area contributed by atoms with Crippen LogP contribution in [0.25, 0.3) is 0 Å². The van der Waals surface area contributed by atoms with Crippen molar-refractivity contribution in [3.05, 3.63) is 0 Å². The Labute approximate surface area is 114 Å². The van der Waals surface area contributed by atoms with Gasteiger partial charge in [0, 0.05) is 18.7 Å². The molecule has 0 amide bonds. The monoisotopic (exact) mass is 289 g/mol. The Balaban J connectivity index is 1.96. The summed E-state index contributed by atoms with van der Waals surface area (Å²) in [5.74, 6) is -0.0701. The number of nitrogens with two attached hydrogens (primary N) is 1. The van der Waals surface area contributed by atoms with E-state index in [9.17, 15) is 13.2 Å². The Morgan fingerprint density at radius 1 is 1.26 bits per heavy atom. The molecule has 4 unspecified atom stereocenters. The molecule has 0 radical (unpaired) electrons. The van der Waals surface area contributed by atoms with E-state index < -0.39 is 9.84 Å². The van der Waals surface area contributed by atoms with Crippen LogP contribution in [0.15, 0.2) is 0 Å². The molecule has 2 N–H and O–H groups in total. The Morgan fingerprint density at radius 3 is 2.58 bits per heavy atom. The Bertz CT molecular complexity index is 434. The normalized spacial score (nSPS) is 36.3. The molecule has 0 aromatic heterocycles. The van der Waals surface area contributed by atoms with Gasteiger partial charge in [0.2, 0.25) is 0 Å². The molecule has 1 saturated heterocycles. The first-order valence-corrected chi connectivity index (χ1v) is 8.95. The summed E-state index contributed by atoms with van der Waals surface area (Å²) in [7, 11) is -3.04. The van der Waals surface area contributed by atoms with E-state index in [1.807, 2.05) is 0 Å². The maximum atomic E-state index is 12.4. The van der Waals surface area contributed by atoms with E-state index in [1.165, 1.54) is 6.26 Å². The second-order valence-corrected chi connectivity index (χ2v) is 8.10. The molecule has 19 heavy (non-hydrogen) atoms. The van der Waals surface area contributed by atoms with Gasteiger partial charge >= 0.3 is 0 Å². The molecule has 0 aromatic rings. The largest absolute Gasteiger partial charge is 0.366 e. The van der Waals surface area contributed by atoms with Gasteiger partial charge in [-0.15, -0.1) is 0 Å². The van der Waals surface area contributed by atoms with Gasteiger partial charge in [0.15, 0.2) is 5.78 Å². The van der Waals surface area contributed by atoms with E-state index in [0.29, 0.717) is 19.4 Å². The molecule has 6 heteroatoms. The third-order valence-corrected chi connectivity index (χ3v) is 5.96. The van der Waals surface area contributed by atoms with Crippen molar-refractivity contribution in [1.29, 1.82) is 0 Å². The fourth-order valence-electron chi connectivity index (χ4n) is 3.14. The maximum absolute atomic E-state index is 12.4. The van der Waals surface area contributed by atoms with Crippen LogP contribution in [0.1, 0.15) is 38.5 Å². The number of carbonyl (C=O) groups is 1. The molecule has 1 heterocycles. The Hall–Kier alpha value is -0.460. The van der Waals surface area contributed by atoms with Gasteiger partial charge in [0.1, 0.15) is 15.9 Å². The first-order chi connectivity index (χ1) is 8.91. The predicted molar refractivity (Wildman–Crippen MR) is 72.5 cm³/mol. The van der Waals surface area contributed by atoms with Crippen molar-refractivity contribution in [3.8, 4) is 0 Å². The highest BCUT2D eigenvalue weighted by atomic mass is 32.2. The van der Waals surface area contributed by atoms with Gasteiger partial charge in [-0.25, -0.2) is 8.42 Å². The minimum Gasteiger partial charge on any atom is -0.366 e. The van der Waals surface area contributed by atoms with Gasteiger partial charge in [0.25, 0.3) is 0 Å². The highest BCUT2D eigenvalue weighted by Gasteiger charge is 2.38. The van der Waals surface area contributed by atoms with Crippen molar-refractivity contribution in [1.82, 2.24) is 0 Å². The van der Waals surface area contributed by atoms with Crippen LogP contribution < -0.4 is 5.73 Å². The summed E-state index contributed by atoms with van der Waals surface area (Å²) in [6.07, 6.45) is 5.18. The second kappa shape index (κ2) is 5.89. The third kappa shape index (κ3) is 3.55. The lowest BCUT2D eigenvalue weighted by molar-refractivity contribution is -0.134. The van der Waals surface area contributed by atoms with E-state index in [2.05, 4.69) is 0 Å². The standard InChI is InChI=1S/C13H23NO4S/c1-19(16,17)11-4-2-3-9(7-11)13(15)12-6-5-10(8-14)18-12/h9-12H,2-8,14H2,1H3. The van der Waals surface area contributed by atoms with E-state index in [0.717, 1.165) is 25.7 Å². The molecule has 1 aliphatic heterocycles. The van der Waals surface area contributed by atoms with Gasteiger partial charge in [-0.2, -0.15) is 0 Å². The average molecular weight is 289 g/mol. The molecule has 0 aromatic carbocycles. The molecule has 2 fully saturated rings. The quantitative estimate of drug-likeness (QED) is 0.822. The molecule has 2 rings (SSSR count). The van der Waals surface area contributed by atoms with Gasteiger partial charge in [-0.05, 0) is 32.1 Å². The number of sulfone groups is 1. The average Bonchev–Trinajstić information content (AvgIpc) is 2.86. The van der Waals surface area contributed by atoms with Crippen LogP contribution in [0.2, 0.25) is 0 Å². The summed E-state index contributed by atoms with van der Waals surface area (Å²) < 4.78 is 28.9. The Kier molecular flexibility index (Phi) is 4.63. The minimum absolute atomic E-state index is 0.0109. The van der Waals surface area contributed by atoms with Crippen LogP contribution in [0.5, 0.6) is 0 Å². The van der Waals surface area contributed by atoms with E-state index in [1.54, 1.807) is 0 Å². The van der Waals surface area contributed by atoms with E-state index >= 15 is 0 Å². The summed E-state index contributed by atoms with van der Waals surface area (Å²) in [5, 5.41) is -0.359. The van der Waals surface area contributed by atoms with Gasteiger partial charge in [-0.1, -0.05) is 6.42 Å². The molecule has 2 aliphatic rings. The van der Waals surface area contributed by atoms with Crippen LogP contribution in [0.4, 0.5) is 0 Å². The zero-order valence-electron chi connectivity index (χ0n) is 11.4. The van der Waals surface area contributed by atoms with Crippen molar-refractivity contribution in [2.24, 2.45) is 11.7 Å². The zero-order chi connectivity index (χ0) is 14.0. The minimum atomic E-state index is -3.04. The van der Waals surface area contributed by atoms with Crippen molar-refractivity contribution >= 4 is 15.6 Å². The lowest BCUT2D eigenvalue weighted by atomic mass is 9.83. The topological polar surface area (TPSA) is 86.5 Å². The summed E-state index contributed by atoms with van der Waals surface area (Å²) in [6.45, 7) is 0.445. The Morgan fingerprint density at radius 2 is 2.00 bits per heavy atom. The lowest BCUT2D eigenvalue weighted by Gasteiger charge is -2.28. The molecular weight excluding hydrogens is 266 g/mol. The third-order valence-electron chi connectivity index (χ3n) is 4.32. The van der Waals surface area contributed by atoms with Crippen molar-refractivity contribution < 1.29 is 17.9 Å². The molecule has 1 saturated carbocycles. The van der Waals surface area contributed by atoms with Crippen LogP contribution in [0, 0.1) is 5.92 Å². The summed E-state index contributed by atoms with van der Waals surface area (Å²) >= 11 is 0. The van der Waals surface area contributed by atoms with Gasteiger partial charge < -0.3 is 10.5 Å². The van der Waals surface area contributed by atoms with Crippen molar-refractivity contribution in [2.45, 2.75) is 56.0 Å². The van der Waals surface area contributed by atoms with Crippen LogP contribution in [-0.4, -0.2) is 44.5 Å². The highest BCUT2D eigenvalue weighted by Crippen LogP contribution is 2.32. The summed E-state index contributed by atoms with van der Waals surface area (Å²) in [6, 6.07) is 0. The number of Topliss-reactive ketones (excluding diaryl/α,β-unsaturated/α-hetero) is 1. The molecule has 0 bridgehead atoms. The van der Waals surface area contributed by atoms with Crippen LogP contribution in [-0.2, 0) is 19.4 Å². The van der Waals surface area contributed by atoms with E-state index in [4.69, 9.17) is 10.5 Å². The molecule has 5 nitrogen and oxygen atoms in total. The van der Waals surface area contributed by atoms with Crippen LogP contribution >= 0.6 is 0 Å². The highest BCUT2D eigenvalue weighted by molar-refractivity contribution is 7.91.